The summed E-state index contributed by atoms with van der Waals surface area (Å²) >= 11 is 1.93. The Morgan fingerprint density at radius 1 is 1.38 bits per heavy atom. The van der Waals surface area contributed by atoms with Crippen LogP contribution >= 0.6 is 11.8 Å². The first-order valence-electron chi connectivity index (χ1n) is 6.69. The zero-order valence-electron chi connectivity index (χ0n) is 10.6. The van der Waals surface area contributed by atoms with Crippen LogP contribution < -0.4 is 5.32 Å². The molecule has 2 nitrogen and oxygen atoms in total. The second-order valence-electron chi connectivity index (χ2n) is 5.28. The normalized spacial score (nSPS) is 24.0. The SMILES string of the molecule is CCC1(CC)CN=C(NCCC2CC2)SC1. The van der Waals surface area contributed by atoms with E-state index >= 15 is 0 Å². The van der Waals surface area contributed by atoms with E-state index in [4.69, 9.17) is 4.99 Å². The fourth-order valence-corrected chi connectivity index (χ4v) is 3.43. The molecule has 0 radical (unpaired) electrons. The molecule has 0 spiro atoms. The van der Waals surface area contributed by atoms with E-state index in [1.54, 1.807) is 0 Å². The monoisotopic (exact) mass is 240 g/mol. The molecule has 0 amide bonds. The average Bonchev–Trinajstić information content (AvgIpc) is 3.14. The van der Waals surface area contributed by atoms with E-state index in [2.05, 4.69) is 19.2 Å². The van der Waals surface area contributed by atoms with Crippen LogP contribution in [0.2, 0.25) is 0 Å². The molecular weight excluding hydrogens is 216 g/mol. The Morgan fingerprint density at radius 3 is 2.62 bits per heavy atom. The fourth-order valence-electron chi connectivity index (χ4n) is 2.13. The van der Waals surface area contributed by atoms with E-state index in [1.165, 1.54) is 43.0 Å². The number of hydrogen-bond donors (Lipinski definition) is 1. The molecule has 1 fully saturated rings. The first-order chi connectivity index (χ1) is 7.78. The molecule has 92 valence electrons. The maximum Gasteiger partial charge on any atom is 0.156 e. The standard InChI is InChI=1S/C13H24N2S/c1-3-13(4-2)9-15-12(16-10-13)14-8-7-11-5-6-11/h11H,3-10H2,1-2H3,(H,14,15). The van der Waals surface area contributed by atoms with Crippen molar-refractivity contribution in [1.29, 1.82) is 0 Å². The highest BCUT2D eigenvalue weighted by molar-refractivity contribution is 8.13. The lowest BCUT2D eigenvalue weighted by Gasteiger charge is -2.33. The topological polar surface area (TPSA) is 24.4 Å². The highest BCUT2D eigenvalue weighted by Crippen LogP contribution is 2.35. The van der Waals surface area contributed by atoms with Crippen molar-refractivity contribution in [2.24, 2.45) is 16.3 Å². The summed E-state index contributed by atoms with van der Waals surface area (Å²) in [7, 11) is 0. The summed E-state index contributed by atoms with van der Waals surface area (Å²) in [5.74, 6) is 2.27. The largest absolute Gasteiger partial charge is 0.365 e. The lowest BCUT2D eigenvalue weighted by Crippen LogP contribution is -2.34. The summed E-state index contributed by atoms with van der Waals surface area (Å²) in [6.45, 7) is 6.75. The highest BCUT2D eigenvalue weighted by atomic mass is 32.2. The quantitative estimate of drug-likeness (QED) is 0.797. The summed E-state index contributed by atoms with van der Waals surface area (Å²) in [4.78, 5) is 4.71. The summed E-state index contributed by atoms with van der Waals surface area (Å²) < 4.78 is 0. The molecule has 1 N–H and O–H groups in total. The second kappa shape index (κ2) is 5.44. The molecule has 0 aromatic carbocycles. The summed E-state index contributed by atoms with van der Waals surface area (Å²) in [6.07, 6.45) is 6.77. The Balaban J connectivity index is 1.73. The van der Waals surface area contributed by atoms with Crippen molar-refractivity contribution in [3.05, 3.63) is 0 Å². The Morgan fingerprint density at radius 2 is 2.12 bits per heavy atom. The van der Waals surface area contributed by atoms with Gasteiger partial charge in [-0.15, -0.1) is 0 Å². The molecule has 2 rings (SSSR count). The van der Waals surface area contributed by atoms with Gasteiger partial charge in [0, 0.05) is 18.8 Å². The molecule has 16 heavy (non-hydrogen) atoms. The molecule has 1 saturated carbocycles. The van der Waals surface area contributed by atoms with Crippen LogP contribution in [0.4, 0.5) is 0 Å². The molecule has 1 heterocycles. The number of nitrogens with one attached hydrogen (secondary N) is 1. The van der Waals surface area contributed by atoms with Gasteiger partial charge in [0.1, 0.15) is 0 Å². The van der Waals surface area contributed by atoms with E-state index in [0.29, 0.717) is 5.41 Å². The molecule has 0 aromatic rings. The van der Waals surface area contributed by atoms with Crippen molar-refractivity contribution in [3.63, 3.8) is 0 Å². The van der Waals surface area contributed by atoms with Gasteiger partial charge >= 0.3 is 0 Å². The molecule has 1 aliphatic carbocycles. The summed E-state index contributed by atoms with van der Waals surface area (Å²) in [6, 6.07) is 0. The van der Waals surface area contributed by atoms with Crippen molar-refractivity contribution in [2.75, 3.05) is 18.8 Å². The maximum atomic E-state index is 4.71. The van der Waals surface area contributed by atoms with Gasteiger partial charge in [0.05, 0.1) is 0 Å². The number of thioether (sulfide) groups is 1. The Hall–Kier alpha value is -0.180. The highest BCUT2D eigenvalue weighted by Gasteiger charge is 2.30. The molecule has 1 aliphatic heterocycles. The third kappa shape index (κ3) is 3.16. The zero-order chi connectivity index (χ0) is 11.4. The number of hydrogen-bond acceptors (Lipinski definition) is 3. The number of nitrogens with zero attached hydrogens (tertiary/aromatic N) is 1. The predicted molar refractivity (Wildman–Crippen MR) is 73.1 cm³/mol. The minimum absolute atomic E-state index is 0.479. The van der Waals surface area contributed by atoms with Gasteiger partial charge in [-0.05, 0) is 30.6 Å². The van der Waals surface area contributed by atoms with Crippen molar-refractivity contribution >= 4 is 16.9 Å². The summed E-state index contributed by atoms with van der Waals surface area (Å²) in [5, 5.41) is 4.68. The zero-order valence-corrected chi connectivity index (χ0v) is 11.4. The van der Waals surface area contributed by atoms with Crippen LogP contribution in [0, 0.1) is 11.3 Å². The molecule has 3 heteroatoms. The van der Waals surface area contributed by atoms with Crippen molar-refractivity contribution < 1.29 is 0 Å². The molecule has 0 aromatic heterocycles. The predicted octanol–water partition coefficient (Wildman–Crippen LogP) is 3.29. The van der Waals surface area contributed by atoms with Gasteiger partial charge in [-0.2, -0.15) is 0 Å². The van der Waals surface area contributed by atoms with Crippen LogP contribution in [0.25, 0.3) is 0 Å². The third-order valence-electron chi connectivity index (χ3n) is 4.10. The van der Waals surface area contributed by atoms with E-state index in [1.807, 2.05) is 11.8 Å². The van der Waals surface area contributed by atoms with Crippen molar-refractivity contribution in [2.45, 2.75) is 46.0 Å². The maximum absolute atomic E-state index is 4.71. The summed E-state index contributed by atoms with van der Waals surface area (Å²) in [5.41, 5.74) is 0.479. The lowest BCUT2D eigenvalue weighted by atomic mass is 9.84. The van der Waals surface area contributed by atoms with Crippen molar-refractivity contribution in [3.8, 4) is 0 Å². The molecule has 0 bridgehead atoms. The first kappa shape index (κ1) is 12.3. The molecule has 0 saturated heterocycles. The Labute approximate surface area is 104 Å². The van der Waals surface area contributed by atoms with Gasteiger partial charge in [0.25, 0.3) is 0 Å². The van der Waals surface area contributed by atoms with Gasteiger partial charge in [-0.1, -0.05) is 38.5 Å². The van der Waals surface area contributed by atoms with E-state index < -0.39 is 0 Å². The van der Waals surface area contributed by atoms with Gasteiger partial charge in [-0.3, -0.25) is 4.99 Å². The van der Waals surface area contributed by atoms with E-state index in [0.717, 1.165) is 19.0 Å². The van der Waals surface area contributed by atoms with Gasteiger partial charge in [-0.25, -0.2) is 0 Å². The molecule has 0 unspecified atom stereocenters. The number of aliphatic imine (C=N–C) groups is 1. The van der Waals surface area contributed by atoms with Crippen LogP contribution in [0.15, 0.2) is 4.99 Å². The van der Waals surface area contributed by atoms with Gasteiger partial charge < -0.3 is 5.32 Å². The Kier molecular flexibility index (Phi) is 4.17. The van der Waals surface area contributed by atoms with Crippen LogP contribution in [-0.2, 0) is 0 Å². The minimum atomic E-state index is 0.479. The molecular formula is C13H24N2S. The van der Waals surface area contributed by atoms with Gasteiger partial charge in [0.2, 0.25) is 0 Å². The Bertz CT molecular complexity index is 255. The number of rotatable bonds is 5. The second-order valence-corrected chi connectivity index (χ2v) is 6.24. The van der Waals surface area contributed by atoms with E-state index in [9.17, 15) is 0 Å². The fraction of sp³-hybridized carbons (Fsp3) is 0.923. The minimum Gasteiger partial charge on any atom is -0.365 e. The van der Waals surface area contributed by atoms with Crippen LogP contribution in [-0.4, -0.2) is 24.0 Å². The average molecular weight is 240 g/mol. The lowest BCUT2D eigenvalue weighted by molar-refractivity contribution is 0.318. The third-order valence-corrected chi connectivity index (χ3v) is 5.40. The van der Waals surface area contributed by atoms with Crippen LogP contribution in [0.1, 0.15) is 46.0 Å². The van der Waals surface area contributed by atoms with Crippen LogP contribution in [0.3, 0.4) is 0 Å². The molecule has 0 atom stereocenters. The van der Waals surface area contributed by atoms with E-state index in [-0.39, 0.29) is 0 Å². The smallest absolute Gasteiger partial charge is 0.156 e. The first-order valence-corrected chi connectivity index (χ1v) is 7.67. The van der Waals surface area contributed by atoms with Crippen LogP contribution in [0.5, 0.6) is 0 Å². The molecule has 2 aliphatic rings. The number of amidine groups is 1. The van der Waals surface area contributed by atoms with Crippen molar-refractivity contribution in [1.82, 2.24) is 5.32 Å². The van der Waals surface area contributed by atoms with Gasteiger partial charge in [0.15, 0.2) is 5.17 Å².